The van der Waals surface area contributed by atoms with E-state index in [2.05, 4.69) is 45.1 Å². The van der Waals surface area contributed by atoms with E-state index in [4.69, 9.17) is 14.2 Å². The number of esters is 3. The molecule has 0 amide bonds. The molecule has 0 unspecified atom stereocenters. The second-order valence-electron chi connectivity index (χ2n) is 17.4. The van der Waals surface area contributed by atoms with Crippen LogP contribution in [0.25, 0.3) is 0 Å². The van der Waals surface area contributed by atoms with Crippen LogP contribution in [0.4, 0.5) is 0 Å². The van der Waals surface area contributed by atoms with Gasteiger partial charge in [-0.3, -0.25) is 14.4 Å². The lowest BCUT2D eigenvalue weighted by Gasteiger charge is -2.18. The largest absolute Gasteiger partial charge is 0.462 e. The molecule has 0 aromatic rings. The average Bonchev–Trinajstić information content (AvgIpc) is 3.23. The summed E-state index contributed by atoms with van der Waals surface area (Å²) in [6.45, 7) is 6.57. The van der Waals surface area contributed by atoms with Crippen LogP contribution in [0.2, 0.25) is 0 Å². The molecule has 0 spiro atoms. The summed E-state index contributed by atoms with van der Waals surface area (Å²) in [5.74, 6) is -0.883. The zero-order valence-electron chi connectivity index (χ0n) is 39.5. The minimum Gasteiger partial charge on any atom is -0.462 e. The molecule has 0 fully saturated rings. The van der Waals surface area contributed by atoms with Gasteiger partial charge in [0.25, 0.3) is 0 Å². The summed E-state index contributed by atoms with van der Waals surface area (Å²) in [5, 5.41) is 0. The highest BCUT2D eigenvalue weighted by Gasteiger charge is 2.19. The average molecular weight is 831 g/mol. The maximum absolute atomic E-state index is 12.7. The molecule has 0 aliphatic rings. The fourth-order valence-corrected chi connectivity index (χ4v) is 7.46. The van der Waals surface area contributed by atoms with Gasteiger partial charge in [0.15, 0.2) is 6.10 Å². The van der Waals surface area contributed by atoms with Crippen molar-refractivity contribution in [2.75, 3.05) is 13.2 Å². The van der Waals surface area contributed by atoms with E-state index in [1.165, 1.54) is 161 Å². The Bertz CT molecular complexity index is 958. The number of unbranched alkanes of at least 4 members (excludes halogenated alkanes) is 32. The molecular weight excluding hydrogens is 733 g/mol. The van der Waals surface area contributed by atoms with Gasteiger partial charge < -0.3 is 14.2 Å². The first-order valence-corrected chi connectivity index (χ1v) is 25.8. The number of allylic oxidation sites excluding steroid dienone is 4. The van der Waals surface area contributed by atoms with Crippen LogP contribution in [0.1, 0.15) is 278 Å². The number of rotatable bonds is 47. The van der Waals surface area contributed by atoms with Crippen LogP contribution in [-0.2, 0) is 28.6 Å². The smallest absolute Gasteiger partial charge is 0.306 e. The number of hydrogen-bond donors (Lipinski definition) is 0. The van der Waals surface area contributed by atoms with Crippen molar-refractivity contribution in [2.24, 2.45) is 0 Å². The van der Waals surface area contributed by atoms with Gasteiger partial charge in [0.1, 0.15) is 13.2 Å². The maximum atomic E-state index is 12.7. The fraction of sp³-hybridized carbons (Fsp3) is 0.868. The first kappa shape index (κ1) is 56.9. The summed E-state index contributed by atoms with van der Waals surface area (Å²) in [4.78, 5) is 37.8. The highest BCUT2D eigenvalue weighted by molar-refractivity contribution is 5.71. The molecule has 0 saturated heterocycles. The Balaban J connectivity index is 4.25. The Morgan fingerprint density at radius 2 is 0.576 bits per heavy atom. The molecule has 0 radical (unpaired) electrons. The van der Waals surface area contributed by atoms with Crippen LogP contribution < -0.4 is 0 Å². The van der Waals surface area contributed by atoms with Gasteiger partial charge in [-0.25, -0.2) is 0 Å². The van der Waals surface area contributed by atoms with E-state index in [-0.39, 0.29) is 31.1 Å². The van der Waals surface area contributed by atoms with E-state index in [0.29, 0.717) is 19.3 Å². The van der Waals surface area contributed by atoms with Crippen molar-refractivity contribution >= 4 is 17.9 Å². The lowest BCUT2D eigenvalue weighted by molar-refractivity contribution is -0.167. The molecule has 1 atom stereocenters. The van der Waals surface area contributed by atoms with Crippen LogP contribution in [-0.4, -0.2) is 37.2 Å². The van der Waals surface area contributed by atoms with Crippen LogP contribution in [0.15, 0.2) is 24.3 Å². The van der Waals surface area contributed by atoms with E-state index in [1.807, 2.05) is 0 Å². The SMILES string of the molecule is CCCC/C=C\CCCCCCCC(=O)OC[C@H](COC(=O)CCCCCCCCCCCCCCCCCCCCC)OC(=O)CCCCCCC/C=C\CCCC. The standard InChI is InChI=1S/C53H98O6/c1-4-7-10-13-16-19-22-23-24-25-26-27-28-29-32-34-37-40-43-46-52(55)58-49-50(59-53(56)47-44-41-38-35-31-21-18-15-12-9-6-3)48-57-51(54)45-42-39-36-33-30-20-17-14-11-8-5-2/h14-15,17-18,50H,4-13,16,19-49H2,1-3H3/b17-14-,18-15-/t50-/m1/s1. The van der Waals surface area contributed by atoms with Crippen molar-refractivity contribution in [2.45, 2.75) is 284 Å². The Kier molecular flexibility index (Phi) is 46.8. The van der Waals surface area contributed by atoms with Crippen molar-refractivity contribution in [3.05, 3.63) is 24.3 Å². The van der Waals surface area contributed by atoms with Gasteiger partial charge in [-0.05, 0) is 57.8 Å². The predicted octanol–water partition coefficient (Wildman–Crippen LogP) is 16.8. The third kappa shape index (κ3) is 46.8. The van der Waals surface area contributed by atoms with Crippen molar-refractivity contribution in [3.63, 3.8) is 0 Å². The molecule has 0 heterocycles. The zero-order chi connectivity index (χ0) is 43.0. The summed E-state index contributed by atoms with van der Waals surface area (Å²) in [6, 6.07) is 0. The first-order valence-electron chi connectivity index (χ1n) is 25.8. The Labute approximate surface area is 366 Å². The van der Waals surface area contributed by atoms with Crippen molar-refractivity contribution in [3.8, 4) is 0 Å². The first-order chi connectivity index (χ1) is 29.0. The molecule has 0 aromatic carbocycles. The number of ether oxygens (including phenoxy) is 3. The normalized spacial score (nSPS) is 12.1. The summed E-state index contributed by atoms with van der Waals surface area (Å²) in [7, 11) is 0. The molecule has 0 aliphatic heterocycles. The predicted molar refractivity (Wildman–Crippen MR) is 252 cm³/mol. The highest BCUT2D eigenvalue weighted by Crippen LogP contribution is 2.16. The summed E-state index contributed by atoms with van der Waals surface area (Å²) in [6.07, 6.45) is 54.5. The Morgan fingerprint density at radius 1 is 0.322 bits per heavy atom. The summed E-state index contributed by atoms with van der Waals surface area (Å²) in [5.41, 5.74) is 0. The maximum Gasteiger partial charge on any atom is 0.306 e. The summed E-state index contributed by atoms with van der Waals surface area (Å²) >= 11 is 0. The monoisotopic (exact) mass is 831 g/mol. The molecule has 0 N–H and O–H groups in total. The molecule has 0 aliphatic carbocycles. The van der Waals surface area contributed by atoms with Crippen LogP contribution in [0, 0.1) is 0 Å². The van der Waals surface area contributed by atoms with Gasteiger partial charge >= 0.3 is 17.9 Å². The molecule has 346 valence electrons. The van der Waals surface area contributed by atoms with Crippen LogP contribution in [0.5, 0.6) is 0 Å². The van der Waals surface area contributed by atoms with E-state index >= 15 is 0 Å². The van der Waals surface area contributed by atoms with Gasteiger partial charge in [0, 0.05) is 19.3 Å². The highest BCUT2D eigenvalue weighted by atomic mass is 16.6. The number of hydrogen-bond acceptors (Lipinski definition) is 6. The Hall–Kier alpha value is -2.11. The third-order valence-corrected chi connectivity index (χ3v) is 11.4. The Morgan fingerprint density at radius 3 is 0.898 bits per heavy atom. The quantitative estimate of drug-likeness (QED) is 0.0263. The minimum atomic E-state index is -0.773. The lowest BCUT2D eigenvalue weighted by atomic mass is 10.0. The van der Waals surface area contributed by atoms with E-state index in [0.717, 1.165) is 77.0 Å². The molecule has 0 bridgehead atoms. The summed E-state index contributed by atoms with van der Waals surface area (Å²) < 4.78 is 16.8. The third-order valence-electron chi connectivity index (χ3n) is 11.4. The van der Waals surface area contributed by atoms with Gasteiger partial charge in [0.2, 0.25) is 0 Å². The molecule has 6 nitrogen and oxygen atoms in total. The molecular formula is C53H98O6. The van der Waals surface area contributed by atoms with Gasteiger partial charge in [0.05, 0.1) is 0 Å². The number of carbonyl (C=O) groups is 3. The van der Waals surface area contributed by atoms with Crippen molar-refractivity contribution in [1.82, 2.24) is 0 Å². The topological polar surface area (TPSA) is 78.9 Å². The van der Waals surface area contributed by atoms with Crippen LogP contribution in [0.3, 0.4) is 0 Å². The fourth-order valence-electron chi connectivity index (χ4n) is 7.46. The van der Waals surface area contributed by atoms with Gasteiger partial charge in [-0.2, -0.15) is 0 Å². The van der Waals surface area contributed by atoms with Crippen molar-refractivity contribution in [1.29, 1.82) is 0 Å². The molecule has 0 saturated carbocycles. The molecule has 0 aromatic heterocycles. The molecule has 59 heavy (non-hydrogen) atoms. The lowest BCUT2D eigenvalue weighted by Crippen LogP contribution is -2.30. The minimum absolute atomic E-state index is 0.0738. The zero-order valence-corrected chi connectivity index (χ0v) is 39.5. The molecule has 0 rings (SSSR count). The van der Waals surface area contributed by atoms with E-state index in [1.54, 1.807) is 0 Å². The second-order valence-corrected chi connectivity index (χ2v) is 17.4. The van der Waals surface area contributed by atoms with Crippen molar-refractivity contribution < 1.29 is 28.6 Å². The van der Waals surface area contributed by atoms with Crippen LogP contribution >= 0.6 is 0 Å². The second kappa shape index (κ2) is 48.6. The van der Waals surface area contributed by atoms with Gasteiger partial charge in [-0.15, -0.1) is 0 Å². The molecule has 6 heteroatoms. The van der Waals surface area contributed by atoms with E-state index < -0.39 is 6.10 Å². The van der Waals surface area contributed by atoms with Gasteiger partial charge in [-0.1, -0.05) is 225 Å². The van der Waals surface area contributed by atoms with E-state index in [9.17, 15) is 14.4 Å². The number of carbonyl (C=O) groups excluding carboxylic acids is 3.